The average molecular weight is 393 g/mol. The predicted molar refractivity (Wildman–Crippen MR) is 113 cm³/mol. The van der Waals surface area contributed by atoms with Crippen molar-refractivity contribution in [3.8, 4) is 0 Å². The second-order valence-corrected chi connectivity index (χ2v) is 6.88. The van der Waals surface area contributed by atoms with Gasteiger partial charge in [0.05, 0.1) is 18.3 Å². The van der Waals surface area contributed by atoms with Crippen LogP contribution in [0.15, 0.2) is 59.5 Å². The summed E-state index contributed by atoms with van der Waals surface area (Å²) >= 11 is 0. The largest absolute Gasteiger partial charge is 0.336 e. The van der Waals surface area contributed by atoms with Gasteiger partial charge in [0.2, 0.25) is 11.3 Å². The number of fused-ring (bicyclic) bond motifs is 1. The van der Waals surface area contributed by atoms with Gasteiger partial charge in [-0.05, 0) is 50.2 Å². The van der Waals surface area contributed by atoms with Gasteiger partial charge in [-0.3, -0.25) is 14.3 Å². The van der Waals surface area contributed by atoms with E-state index in [2.05, 4.69) is 21.0 Å². The number of rotatable bonds is 6. The number of aryl methyl sites for hydroxylation is 1. The number of benzene rings is 2. The van der Waals surface area contributed by atoms with Gasteiger partial charge in [0.25, 0.3) is 0 Å². The first-order valence-electron chi connectivity index (χ1n) is 9.34. The first-order chi connectivity index (χ1) is 13.9. The van der Waals surface area contributed by atoms with Crippen molar-refractivity contribution in [2.45, 2.75) is 32.9 Å². The van der Waals surface area contributed by atoms with Gasteiger partial charge in [-0.15, -0.1) is 0 Å². The quantitative estimate of drug-likeness (QED) is 0.599. The van der Waals surface area contributed by atoms with E-state index in [1.807, 2.05) is 26.0 Å². The third kappa shape index (κ3) is 5.41. The summed E-state index contributed by atoms with van der Waals surface area (Å²) in [7, 11) is 0. The molecule has 0 spiro atoms. The molecule has 0 saturated heterocycles. The van der Waals surface area contributed by atoms with Gasteiger partial charge >= 0.3 is 6.03 Å². The van der Waals surface area contributed by atoms with E-state index in [9.17, 15) is 14.4 Å². The standard InChI is InChI=1S/C21H23N5O3/c1-14(2)23-21(29)25-16-9-7-15(8-10-16)24-20(28)11-12-26-18-6-4-3-5-17(18)19(27)13-22-26/h3-10,13-14H,11-12H2,1-2H3,(H,24,28)(H2,23,25,29). The maximum absolute atomic E-state index is 12.3. The zero-order valence-electron chi connectivity index (χ0n) is 16.3. The van der Waals surface area contributed by atoms with Gasteiger partial charge in [-0.25, -0.2) is 4.79 Å². The lowest BCUT2D eigenvalue weighted by Gasteiger charge is -2.11. The Labute approximate surface area is 167 Å². The molecule has 1 aromatic heterocycles. The van der Waals surface area contributed by atoms with Gasteiger partial charge < -0.3 is 16.0 Å². The van der Waals surface area contributed by atoms with Gasteiger partial charge in [-0.1, -0.05) is 12.1 Å². The minimum atomic E-state index is -0.280. The molecular formula is C21H23N5O3. The highest BCUT2D eigenvalue weighted by molar-refractivity contribution is 5.92. The van der Waals surface area contributed by atoms with Gasteiger partial charge in [-0.2, -0.15) is 5.10 Å². The summed E-state index contributed by atoms with van der Waals surface area (Å²) in [6.45, 7) is 4.11. The van der Waals surface area contributed by atoms with E-state index in [0.717, 1.165) is 0 Å². The number of para-hydroxylation sites is 1. The second kappa shape index (κ2) is 9.01. The summed E-state index contributed by atoms with van der Waals surface area (Å²) in [5.74, 6) is -0.173. The molecule has 0 bridgehead atoms. The maximum atomic E-state index is 12.3. The van der Waals surface area contributed by atoms with E-state index >= 15 is 0 Å². The molecule has 8 heteroatoms. The normalized spacial score (nSPS) is 10.7. The van der Waals surface area contributed by atoms with Gasteiger partial charge in [0, 0.05) is 29.2 Å². The van der Waals surface area contributed by atoms with Crippen LogP contribution in [-0.4, -0.2) is 27.8 Å². The molecular weight excluding hydrogens is 370 g/mol. The molecule has 2 aromatic carbocycles. The van der Waals surface area contributed by atoms with Crippen molar-refractivity contribution < 1.29 is 9.59 Å². The lowest BCUT2D eigenvalue weighted by molar-refractivity contribution is -0.116. The fraction of sp³-hybridized carbons (Fsp3) is 0.238. The minimum absolute atomic E-state index is 0.0443. The molecule has 8 nitrogen and oxygen atoms in total. The Bertz CT molecular complexity index is 1070. The number of hydrogen-bond acceptors (Lipinski definition) is 4. The van der Waals surface area contributed by atoms with Crippen molar-refractivity contribution in [3.63, 3.8) is 0 Å². The lowest BCUT2D eigenvalue weighted by Crippen LogP contribution is -2.34. The molecule has 0 aliphatic carbocycles. The van der Waals surface area contributed by atoms with Crippen LogP contribution in [0.3, 0.4) is 0 Å². The summed E-state index contributed by atoms with van der Waals surface area (Å²) in [6.07, 6.45) is 1.47. The number of carbonyl (C=O) groups excluding carboxylic acids is 2. The second-order valence-electron chi connectivity index (χ2n) is 6.88. The number of amides is 3. The highest BCUT2D eigenvalue weighted by Crippen LogP contribution is 2.14. The zero-order valence-corrected chi connectivity index (χ0v) is 16.3. The fourth-order valence-corrected chi connectivity index (χ4v) is 2.84. The number of hydrogen-bond donors (Lipinski definition) is 3. The van der Waals surface area contributed by atoms with Crippen LogP contribution in [0.25, 0.3) is 10.9 Å². The molecule has 0 atom stereocenters. The van der Waals surface area contributed by atoms with Gasteiger partial charge in [0.1, 0.15) is 0 Å². The zero-order chi connectivity index (χ0) is 20.8. The summed E-state index contributed by atoms with van der Waals surface area (Å²) in [6, 6.07) is 13.8. The molecule has 1 heterocycles. The van der Waals surface area contributed by atoms with Crippen LogP contribution in [-0.2, 0) is 11.3 Å². The molecule has 3 N–H and O–H groups in total. The molecule has 0 radical (unpaired) electrons. The molecule has 3 amide bonds. The highest BCUT2D eigenvalue weighted by atomic mass is 16.2. The molecule has 0 aliphatic rings. The van der Waals surface area contributed by atoms with Crippen molar-refractivity contribution in [1.82, 2.24) is 15.1 Å². The van der Waals surface area contributed by atoms with E-state index in [0.29, 0.717) is 28.8 Å². The van der Waals surface area contributed by atoms with E-state index in [-0.39, 0.29) is 29.8 Å². The Morgan fingerprint density at radius 3 is 2.34 bits per heavy atom. The Hall–Kier alpha value is -3.68. The molecule has 3 aromatic rings. The number of nitrogens with one attached hydrogen (secondary N) is 3. The van der Waals surface area contributed by atoms with Crippen LogP contribution in [0.2, 0.25) is 0 Å². The Morgan fingerprint density at radius 2 is 1.66 bits per heavy atom. The topological polar surface area (TPSA) is 105 Å². The van der Waals surface area contributed by atoms with E-state index < -0.39 is 0 Å². The van der Waals surface area contributed by atoms with Crippen molar-refractivity contribution in [2.75, 3.05) is 10.6 Å². The SMILES string of the molecule is CC(C)NC(=O)Nc1ccc(NC(=O)CCn2ncc(=O)c3ccccc32)cc1. The molecule has 29 heavy (non-hydrogen) atoms. The third-order valence-corrected chi connectivity index (χ3v) is 4.16. The van der Waals surface area contributed by atoms with Crippen molar-refractivity contribution in [2.24, 2.45) is 0 Å². The number of urea groups is 1. The first kappa shape index (κ1) is 20.1. The maximum Gasteiger partial charge on any atom is 0.319 e. The molecule has 0 fully saturated rings. The molecule has 0 saturated carbocycles. The molecule has 3 rings (SSSR count). The predicted octanol–water partition coefficient (Wildman–Crippen LogP) is 2.96. The third-order valence-electron chi connectivity index (χ3n) is 4.16. The number of nitrogens with zero attached hydrogens (tertiary/aromatic N) is 2. The Kier molecular flexibility index (Phi) is 6.23. The smallest absolute Gasteiger partial charge is 0.319 e. The van der Waals surface area contributed by atoms with Crippen LogP contribution in [0.4, 0.5) is 16.2 Å². The number of anilines is 2. The van der Waals surface area contributed by atoms with E-state index in [1.165, 1.54) is 6.20 Å². The molecule has 0 aliphatic heterocycles. The van der Waals surface area contributed by atoms with Crippen LogP contribution in [0.1, 0.15) is 20.3 Å². The van der Waals surface area contributed by atoms with Crippen LogP contribution in [0.5, 0.6) is 0 Å². The summed E-state index contributed by atoms with van der Waals surface area (Å²) in [4.78, 5) is 35.9. The van der Waals surface area contributed by atoms with Gasteiger partial charge in [0.15, 0.2) is 0 Å². The Morgan fingerprint density at radius 1 is 1.00 bits per heavy atom. The highest BCUT2D eigenvalue weighted by Gasteiger charge is 2.08. The monoisotopic (exact) mass is 393 g/mol. The summed E-state index contributed by atoms with van der Waals surface area (Å²) in [5.41, 5.74) is 1.81. The minimum Gasteiger partial charge on any atom is -0.336 e. The summed E-state index contributed by atoms with van der Waals surface area (Å²) in [5, 5.41) is 13.0. The molecule has 150 valence electrons. The van der Waals surface area contributed by atoms with Crippen molar-refractivity contribution >= 4 is 34.2 Å². The fourth-order valence-electron chi connectivity index (χ4n) is 2.84. The summed E-state index contributed by atoms with van der Waals surface area (Å²) < 4.78 is 1.65. The first-order valence-corrected chi connectivity index (χ1v) is 9.34. The van der Waals surface area contributed by atoms with Crippen molar-refractivity contribution in [1.29, 1.82) is 0 Å². The van der Waals surface area contributed by atoms with Crippen molar-refractivity contribution in [3.05, 3.63) is 65.0 Å². The van der Waals surface area contributed by atoms with E-state index in [1.54, 1.807) is 41.1 Å². The van der Waals surface area contributed by atoms with E-state index in [4.69, 9.17) is 0 Å². The van der Waals surface area contributed by atoms with Crippen LogP contribution >= 0.6 is 0 Å². The van der Waals surface area contributed by atoms with Crippen LogP contribution < -0.4 is 21.4 Å². The molecule has 0 unspecified atom stereocenters. The lowest BCUT2D eigenvalue weighted by atomic mass is 10.2. The number of carbonyl (C=O) groups is 2. The number of aromatic nitrogens is 2. The Balaban J connectivity index is 1.57. The van der Waals surface area contributed by atoms with Crippen LogP contribution in [0, 0.1) is 0 Å². The average Bonchev–Trinajstić information content (AvgIpc) is 2.68.